The molecule has 2 aromatic rings. The summed E-state index contributed by atoms with van der Waals surface area (Å²) in [5, 5.41) is 2.91. The van der Waals surface area contributed by atoms with Crippen LogP contribution in [0, 0.1) is 5.82 Å². The van der Waals surface area contributed by atoms with Crippen molar-refractivity contribution in [1.29, 1.82) is 0 Å². The molecule has 0 aliphatic carbocycles. The first-order chi connectivity index (χ1) is 12.5. The molecule has 0 saturated carbocycles. The van der Waals surface area contributed by atoms with E-state index in [1.54, 1.807) is 12.1 Å². The lowest BCUT2D eigenvalue weighted by atomic mass is 10.1. The molecule has 0 unspecified atom stereocenters. The van der Waals surface area contributed by atoms with Gasteiger partial charge in [0.05, 0.1) is 12.4 Å². The normalized spacial score (nSPS) is 15.3. The average Bonchev–Trinajstić information content (AvgIpc) is 2.98. The second kappa shape index (κ2) is 8.45. The Balaban J connectivity index is 1.58. The van der Waals surface area contributed by atoms with Crippen molar-refractivity contribution in [2.24, 2.45) is 0 Å². The molecule has 1 heterocycles. The van der Waals surface area contributed by atoms with E-state index in [0.717, 1.165) is 33.9 Å². The van der Waals surface area contributed by atoms with Crippen molar-refractivity contribution >= 4 is 17.7 Å². The van der Waals surface area contributed by atoms with Crippen LogP contribution in [0.3, 0.4) is 0 Å². The van der Waals surface area contributed by atoms with Gasteiger partial charge in [-0.1, -0.05) is 0 Å². The van der Waals surface area contributed by atoms with Gasteiger partial charge in [0.15, 0.2) is 0 Å². The van der Waals surface area contributed by atoms with E-state index >= 15 is 0 Å². The van der Waals surface area contributed by atoms with Crippen molar-refractivity contribution in [3.05, 3.63) is 53.3 Å². The molecule has 2 aromatic carbocycles. The van der Waals surface area contributed by atoms with Gasteiger partial charge in [0.1, 0.15) is 23.4 Å². The molecule has 4 nitrogen and oxygen atoms in total. The Morgan fingerprint density at radius 3 is 2.85 bits per heavy atom. The first kappa shape index (κ1) is 18.6. The summed E-state index contributed by atoms with van der Waals surface area (Å²) >= 11 is 1.37. The van der Waals surface area contributed by atoms with Crippen molar-refractivity contribution in [3.8, 4) is 11.5 Å². The molecule has 1 aliphatic heterocycles. The third kappa shape index (κ3) is 4.69. The SMILES string of the molecule is CCOc1cc2c(cc1CNC(=O)CSc1ccc(F)cc1)O[C@@H](C)C2. The van der Waals surface area contributed by atoms with E-state index in [0.29, 0.717) is 13.2 Å². The number of carbonyl (C=O) groups is 1. The highest BCUT2D eigenvalue weighted by Gasteiger charge is 2.22. The van der Waals surface area contributed by atoms with Crippen LogP contribution in [0.4, 0.5) is 4.39 Å². The van der Waals surface area contributed by atoms with Crippen LogP contribution in [0.15, 0.2) is 41.3 Å². The fourth-order valence-corrected chi connectivity index (χ4v) is 3.56. The van der Waals surface area contributed by atoms with Gasteiger partial charge in [0.2, 0.25) is 5.91 Å². The number of hydrogen-bond donors (Lipinski definition) is 1. The van der Waals surface area contributed by atoms with Crippen molar-refractivity contribution in [2.75, 3.05) is 12.4 Å². The lowest BCUT2D eigenvalue weighted by Crippen LogP contribution is -2.24. The van der Waals surface area contributed by atoms with Gasteiger partial charge in [-0.25, -0.2) is 4.39 Å². The number of halogens is 1. The smallest absolute Gasteiger partial charge is 0.230 e. The number of thioether (sulfide) groups is 1. The van der Waals surface area contributed by atoms with E-state index in [9.17, 15) is 9.18 Å². The highest BCUT2D eigenvalue weighted by molar-refractivity contribution is 8.00. The fourth-order valence-electron chi connectivity index (χ4n) is 2.83. The lowest BCUT2D eigenvalue weighted by Gasteiger charge is -2.13. The van der Waals surface area contributed by atoms with Crippen LogP contribution in [-0.4, -0.2) is 24.4 Å². The molecule has 26 heavy (non-hydrogen) atoms. The van der Waals surface area contributed by atoms with Crippen LogP contribution in [0.25, 0.3) is 0 Å². The molecule has 138 valence electrons. The molecule has 0 saturated heterocycles. The minimum atomic E-state index is -0.282. The van der Waals surface area contributed by atoms with Gasteiger partial charge >= 0.3 is 0 Å². The maximum absolute atomic E-state index is 12.9. The number of fused-ring (bicyclic) bond motifs is 1. The molecule has 0 spiro atoms. The number of amides is 1. The van der Waals surface area contributed by atoms with Gasteiger partial charge in [-0.2, -0.15) is 0 Å². The number of nitrogens with one attached hydrogen (secondary N) is 1. The predicted molar refractivity (Wildman–Crippen MR) is 100 cm³/mol. The molecule has 1 amide bonds. The van der Waals surface area contributed by atoms with E-state index in [1.165, 1.54) is 23.9 Å². The summed E-state index contributed by atoms with van der Waals surface area (Å²) < 4.78 is 24.4. The first-order valence-electron chi connectivity index (χ1n) is 8.65. The number of carbonyl (C=O) groups excluding carboxylic acids is 1. The van der Waals surface area contributed by atoms with Gasteiger partial charge in [0, 0.05) is 29.0 Å². The zero-order chi connectivity index (χ0) is 18.5. The Hall–Kier alpha value is -2.21. The van der Waals surface area contributed by atoms with Crippen LogP contribution < -0.4 is 14.8 Å². The third-order valence-electron chi connectivity index (χ3n) is 4.04. The van der Waals surface area contributed by atoms with E-state index in [-0.39, 0.29) is 23.6 Å². The maximum atomic E-state index is 12.9. The second-order valence-corrected chi connectivity index (χ2v) is 7.20. The van der Waals surface area contributed by atoms with Crippen LogP contribution in [0.2, 0.25) is 0 Å². The monoisotopic (exact) mass is 375 g/mol. The van der Waals surface area contributed by atoms with Crippen LogP contribution >= 0.6 is 11.8 Å². The molecule has 1 atom stereocenters. The second-order valence-electron chi connectivity index (χ2n) is 6.15. The standard InChI is InChI=1S/C20H22FNO3S/c1-3-24-18-9-14-8-13(2)25-19(14)10-15(18)11-22-20(23)12-26-17-6-4-16(21)5-7-17/h4-7,9-10,13H,3,8,11-12H2,1-2H3,(H,22,23)/t13-/m0/s1. The topological polar surface area (TPSA) is 47.6 Å². The molecule has 0 aromatic heterocycles. The van der Waals surface area contributed by atoms with Crippen molar-refractivity contribution in [3.63, 3.8) is 0 Å². The summed E-state index contributed by atoms with van der Waals surface area (Å²) in [5.74, 6) is 1.56. The van der Waals surface area contributed by atoms with E-state index < -0.39 is 0 Å². The molecular formula is C20H22FNO3S. The summed E-state index contributed by atoms with van der Waals surface area (Å²) in [7, 11) is 0. The Bertz CT molecular complexity index is 779. The maximum Gasteiger partial charge on any atom is 0.230 e. The zero-order valence-electron chi connectivity index (χ0n) is 14.9. The van der Waals surface area contributed by atoms with Crippen molar-refractivity contribution in [2.45, 2.75) is 37.8 Å². The summed E-state index contributed by atoms with van der Waals surface area (Å²) in [6.07, 6.45) is 1.03. The molecular weight excluding hydrogens is 353 g/mol. The highest BCUT2D eigenvalue weighted by atomic mass is 32.2. The Labute approximate surface area is 157 Å². The molecule has 0 fully saturated rings. The molecule has 6 heteroatoms. The Kier molecular flexibility index (Phi) is 6.04. The van der Waals surface area contributed by atoms with Gasteiger partial charge in [-0.05, 0) is 50.2 Å². The molecule has 1 aliphatic rings. The fraction of sp³-hybridized carbons (Fsp3) is 0.350. The summed E-state index contributed by atoms with van der Waals surface area (Å²) in [6.45, 7) is 4.92. The first-order valence-corrected chi connectivity index (χ1v) is 9.64. The lowest BCUT2D eigenvalue weighted by molar-refractivity contribution is -0.118. The number of ether oxygens (including phenoxy) is 2. The summed E-state index contributed by atoms with van der Waals surface area (Å²) in [4.78, 5) is 13.0. The number of hydrogen-bond acceptors (Lipinski definition) is 4. The van der Waals surface area contributed by atoms with Gasteiger partial charge in [-0.3, -0.25) is 4.79 Å². The van der Waals surface area contributed by atoms with Gasteiger partial charge < -0.3 is 14.8 Å². The molecule has 3 rings (SSSR count). The highest BCUT2D eigenvalue weighted by Crippen LogP contribution is 2.35. The minimum absolute atomic E-state index is 0.0865. The van der Waals surface area contributed by atoms with E-state index in [2.05, 4.69) is 5.32 Å². The van der Waals surface area contributed by atoms with Crippen LogP contribution in [0.5, 0.6) is 11.5 Å². The number of rotatable bonds is 7. The van der Waals surface area contributed by atoms with Gasteiger partial charge in [0.25, 0.3) is 0 Å². The van der Waals surface area contributed by atoms with Crippen molar-refractivity contribution < 1.29 is 18.7 Å². The zero-order valence-corrected chi connectivity index (χ0v) is 15.7. The molecule has 0 radical (unpaired) electrons. The summed E-state index contributed by atoms with van der Waals surface area (Å²) in [5.41, 5.74) is 2.04. The van der Waals surface area contributed by atoms with E-state index in [4.69, 9.17) is 9.47 Å². The van der Waals surface area contributed by atoms with Gasteiger partial charge in [-0.15, -0.1) is 11.8 Å². The van der Waals surface area contributed by atoms with E-state index in [1.807, 2.05) is 26.0 Å². The van der Waals surface area contributed by atoms with Crippen LogP contribution in [0.1, 0.15) is 25.0 Å². The third-order valence-corrected chi connectivity index (χ3v) is 5.05. The minimum Gasteiger partial charge on any atom is -0.494 e. The average molecular weight is 375 g/mol. The van der Waals surface area contributed by atoms with Crippen LogP contribution in [-0.2, 0) is 17.8 Å². The molecule has 0 bridgehead atoms. The largest absolute Gasteiger partial charge is 0.494 e. The quantitative estimate of drug-likeness (QED) is 0.745. The number of benzene rings is 2. The summed E-state index contributed by atoms with van der Waals surface area (Å²) in [6, 6.07) is 10.1. The Morgan fingerprint density at radius 1 is 1.35 bits per heavy atom. The van der Waals surface area contributed by atoms with Crippen molar-refractivity contribution in [1.82, 2.24) is 5.32 Å². The molecule has 1 N–H and O–H groups in total. The Morgan fingerprint density at radius 2 is 2.12 bits per heavy atom. The predicted octanol–water partition coefficient (Wildman–Crippen LogP) is 3.96.